The number of aromatic nitrogens is 2. The van der Waals surface area contributed by atoms with Crippen molar-refractivity contribution in [3.8, 4) is 11.3 Å². The molecule has 0 bridgehead atoms. The molecular weight excluding hydrogens is 231 g/mol. The fraction of sp³-hybridized carbons (Fsp3) is 0.0909. The number of hydrogen-bond donors (Lipinski definition) is 1. The van der Waals surface area contributed by atoms with Crippen LogP contribution in [0.1, 0.15) is 5.56 Å². The van der Waals surface area contributed by atoms with E-state index in [0.717, 1.165) is 0 Å². The quantitative estimate of drug-likeness (QED) is 0.830. The van der Waals surface area contributed by atoms with Crippen molar-refractivity contribution in [2.45, 2.75) is 6.92 Å². The lowest BCUT2D eigenvalue weighted by Crippen LogP contribution is -2.05. The molecule has 0 aliphatic carbocycles. The second kappa shape index (κ2) is 4.06. The van der Waals surface area contributed by atoms with Crippen LogP contribution in [0.2, 0.25) is 5.02 Å². The summed E-state index contributed by atoms with van der Waals surface area (Å²) < 4.78 is 13.4. The van der Waals surface area contributed by atoms with E-state index in [0.29, 0.717) is 21.8 Å². The molecule has 0 saturated heterocycles. The molecule has 5 heteroatoms. The van der Waals surface area contributed by atoms with E-state index in [4.69, 9.17) is 11.6 Å². The van der Waals surface area contributed by atoms with Crippen molar-refractivity contribution in [1.29, 1.82) is 0 Å². The third-order valence-electron chi connectivity index (χ3n) is 2.26. The van der Waals surface area contributed by atoms with Gasteiger partial charge in [0, 0.05) is 22.2 Å². The summed E-state index contributed by atoms with van der Waals surface area (Å²) in [7, 11) is 0. The van der Waals surface area contributed by atoms with Gasteiger partial charge in [-0.3, -0.25) is 4.79 Å². The van der Waals surface area contributed by atoms with E-state index in [1.165, 1.54) is 18.2 Å². The molecule has 1 N–H and O–H groups in total. The van der Waals surface area contributed by atoms with Gasteiger partial charge in [-0.1, -0.05) is 11.6 Å². The third-order valence-corrected chi connectivity index (χ3v) is 2.65. The van der Waals surface area contributed by atoms with Crippen LogP contribution in [-0.4, -0.2) is 10.2 Å². The highest BCUT2D eigenvalue weighted by Crippen LogP contribution is 2.25. The van der Waals surface area contributed by atoms with E-state index in [-0.39, 0.29) is 5.56 Å². The Kier molecular flexibility index (Phi) is 2.75. The molecule has 2 rings (SSSR count). The molecule has 3 nitrogen and oxygen atoms in total. The molecule has 82 valence electrons. The predicted molar refractivity (Wildman–Crippen MR) is 60.0 cm³/mol. The van der Waals surface area contributed by atoms with E-state index >= 15 is 0 Å². The minimum atomic E-state index is -0.393. The number of rotatable bonds is 1. The molecule has 1 aromatic carbocycles. The summed E-state index contributed by atoms with van der Waals surface area (Å²) in [5, 5.41) is 6.41. The molecule has 0 aliphatic rings. The van der Waals surface area contributed by atoms with Crippen LogP contribution in [0.15, 0.2) is 29.1 Å². The molecule has 2 aromatic rings. The molecule has 1 heterocycles. The van der Waals surface area contributed by atoms with E-state index in [9.17, 15) is 9.18 Å². The minimum absolute atomic E-state index is 0.303. The van der Waals surface area contributed by atoms with E-state index in [2.05, 4.69) is 10.2 Å². The Morgan fingerprint density at radius 1 is 1.38 bits per heavy atom. The molecule has 0 spiro atoms. The predicted octanol–water partition coefficient (Wildman–Crippen LogP) is 2.54. The molecule has 0 unspecified atom stereocenters. The van der Waals surface area contributed by atoms with Gasteiger partial charge in [-0.05, 0) is 25.1 Å². The largest absolute Gasteiger partial charge is 0.268 e. The first-order valence-electron chi connectivity index (χ1n) is 4.59. The van der Waals surface area contributed by atoms with Gasteiger partial charge in [0.05, 0.1) is 5.69 Å². The Morgan fingerprint density at radius 3 is 2.69 bits per heavy atom. The zero-order chi connectivity index (χ0) is 11.7. The second-order valence-electron chi connectivity index (χ2n) is 3.37. The van der Waals surface area contributed by atoms with Crippen molar-refractivity contribution in [1.82, 2.24) is 10.2 Å². The molecule has 1 aromatic heterocycles. The minimum Gasteiger partial charge on any atom is -0.268 e. The average Bonchev–Trinajstić information content (AvgIpc) is 2.26. The average molecular weight is 239 g/mol. The van der Waals surface area contributed by atoms with Gasteiger partial charge in [0.25, 0.3) is 5.56 Å². The van der Waals surface area contributed by atoms with Crippen LogP contribution in [0.25, 0.3) is 11.3 Å². The van der Waals surface area contributed by atoms with Crippen LogP contribution in [0, 0.1) is 12.7 Å². The zero-order valence-electron chi connectivity index (χ0n) is 8.42. The van der Waals surface area contributed by atoms with Crippen molar-refractivity contribution in [3.05, 3.63) is 51.0 Å². The van der Waals surface area contributed by atoms with Crippen molar-refractivity contribution in [2.75, 3.05) is 0 Å². The van der Waals surface area contributed by atoms with Crippen LogP contribution in [0.4, 0.5) is 4.39 Å². The first-order chi connectivity index (χ1) is 7.58. The van der Waals surface area contributed by atoms with Gasteiger partial charge in [0.15, 0.2) is 0 Å². The monoisotopic (exact) mass is 238 g/mol. The lowest BCUT2D eigenvalue weighted by molar-refractivity contribution is 0.619. The summed E-state index contributed by atoms with van der Waals surface area (Å²) in [6, 6.07) is 5.79. The number of halogens is 2. The summed E-state index contributed by atoms with van der Waals surface area (Å²) in [5.41, 5.74) is 1.10. The highest BCUT2D eigenvalue weighted by molar-refractivity contribution is 6.31. The third kappa shape index (κ3) is 1.97. The molecule has 0 saturated carbocycles. The summed E-state index contributed by atoms with van der Waals surface area (Å²) >= 11 is 5.86. The van der Waals surface area contributed by atoms with Crippen molar-refractivity contribution in [2.24, 2.45) is 0 Å². The van der Waals surface area contributed by atoms with Crippen LogP contribution in [-0.2, 0) is 0 Å². The number of aromatic amines is 1. The Morgan fingerprint density at radius 2 is 2.12 bits per heavy atom. The molecular formula is C11H8ClFN2O. The number of nitrogens with one attached hydrogen (secondary N) is 1. The van der Waals surface area contributed by atoms with Crippen LogP contribution in [0.5, 0.6) is 0 Å². The maximum atomic E-state index is 13.4. The normalized spacial score (nSPS) is 10.4. The van der Waals surface area contributed by atoms with Gasteiger partial charge in [0.1, 0.15) is 5.82 Å². The first-order valence-corrected chi connectivity index (χ1v) is 4.97. The van der Waals surface area contributed by atoms with Crippen molar-refractivity contribution < 1.29 is 4.39 Å². The SMILES string of the molecule is Cc1c(F)cc(-c2ccc(=O)[nH]n2)cc1Cl. The topological polar surface area (TPSA) is 45.8 Å². The van der Waals surface area contributed by atoms with Gasteiger partial charge in [-0.25, -0.2) is 9.49 Å². The van der Waals surface area contributed by atoms with Gasteiger partial charge in [0.2, 0.25) is 0 Å². The van der Waals surface area contributed by atoms with E-state index < -0.39 is 5.82 Å². The van der Waals surface area contributed by atoms with Crippen LogP contribution in [0.3, 0.4) is 0 Å². The van der Waals surface area contributed by atoms with Crippen LogP contribution < -0.4 is 5.56 Å². The van der Waals surface area contributed by atoms with Gasteiger partial charge in [-0.2, -0.15) is 5.10 Å². The fourth-order valence-electron chi connectivity index (χ4n) is 1.30. The standard InChI is InChI=1S/C11H8ClFN2O/c1-6-8(12)4-7(5-9(6)13)10-2-3-11(16)15-14-10/h2-5H,1H3,(H,15,16). The summed E-state index contributed by atoms with van der Waals surface area (Å²) in [6.45, 7) is 1.60. The second-order valence-corrected chi connectivity index (χ2v) is 3.78. The summed E-state index contributed by atoms with van der Waals surface area (Å²) in [5.74, 6) is -0.393. The highest BCUT2D eigenvalue weighted by atomic mass is 35.5. The summed E-state index contributed by atoms with van der Waals surface area (Å²) in [4.78, 5) is 10.8. The number of hydrogen-bond acceptors (Lipinski definition) is 2. The lowest BCUT2D eigenvalue weighted by Gasteiger charge is -2.04. The van der Waals surface area contributed by atoms with E-state index in [1.54, 1.807) is 13.0 Å². The molecule has 16 heavy (non-hydrogen) atoms. The number of H-pyrrole nitrogens is 1. The maximum Gasteiger partial charge on any atom is 0.264 e. The van der Waals surface area contributed by atoms with Gasteiger partial charge in [-0.15, -0.1) is 0 Å². The smallest absolute Gasteiger partial charge is 0.264 e. The molecule has 0 amide bonds. The Bertz CT molecular complexity index is 551. The number of benzene rings is 1. The Hall–Kier alpha value is -1.68. The molecule has 0 fully saturated rings. The number of nitrogens with zero attached hydrogens (tertiary/aromatic N) is 1. The molecule has 0 atom stereocenters. The molecule has 0 radical (unpaired) electrons. The molecule has 0 aliphatic heterocycles. The Balaban J connectivity index is 2.56. The van der Waals surface area contributed by atoms with Crippen molar-refractivity contribution >= 4 is 11.6 Å². The van der Waals surface area contributed by atoms with Crippen molar-refractivity contribution in [3.63, 3.8) is 0 Å². The van der Waals surface area contributed by atoms with Gasteiger partial charge < -0.3 is 0 Å². The zero-order valence-corrected chi connectivity index (χ0v) is 9.18. The maximum absolute atomic E-state index is 13.4. The van der Waals surface area contributed by atoms with Crippen LogP contribution >= 0.6 is 11.6 Å². The Labute approximate surface area is 95.9 Å². The fourth-order valence-corrected chi connectivity index (χ4v) is 1.51. The van der Waals surface area contributed by atoms with Gasteiger partial charge >= 0.3 is 0 Å². The first kappa shape index (κ1) is 10.8. The van der Waals surface area contributed by atoms with E-state index in [1.807, 2.05) is 0 Å². The summed E-state index contributed by atoms with van der Waals surface area (Å²) in [6.07, 6.45) is 0. The lowest BCUT2D eigenvalue weighted by atomic mass is 10.1. The highest BCUT2D eigenvalue weighted by Gasteiger charge is 2.07.